The zero-order chi connectivity index (χ0) is 13.2. The molecule has 100 valence electrons. The predicted molar refractivity (Wildman–Crippen MR) is 76.6 cm³/mol. The number of halogens is 1. The fourth-order valence-corrected chi connectivity index (χ4v) is 2.83. The van der Waals surface area contributed by atoms with Crippen molar-refractivity contribution in [3.63, 3.8) is 0 Å². The molecular formula is C14H16BrN3O. The Morgan fingerprint density at radius 1 is 1.21 bits per heavy atom. The summed E-state index contributed by atoms with van der Waals surface area (Å²) in [6.45, 7) is 0. The van der Waals surface area contributed by atoms with E-state index in [0.717, 1.165) is 41.6 Å². The molecule has 0 aliphatic heterocycles. The van der Waals surface area contributed by atoms with E-state index in [2.05, 4.69) is 26.1 Å². The Morgan fingerprint density at radius 2 is 2.00 bits per heavy atom. The first-order valence-corrected chi connectivity index (χ1v) is 7.37. The maximum absolute atomic E-state index is 6.00. The Hall–Kier alpha value is -1.20. The first-order valence-electron chi connectivity index (χ1n) is 6.57. The summed E-state index contributed by atoms with van der Waals surface area (Å²) in [7, 11) is 0. The topological polar surface area (TPSA) is 64.9 Å². The lowest BCUT2D eigenvalue weighted by Crippen LogP contribution is -2.26. The molecular weight excluding hydrogens is 306 g/mol. The van der Waals surface area contributed by atoms with Crippen LogP contribution in [0.4, 0.5) is 0 Å². The second kappa shape index (κ2) is 5.43. The molecule has 0 amide bonds. The molecule has 1 aliphatic rings. The van der Waals surface area contributed by atoms with Gasteiger partial charge in [-0.25, -0.2) is 0 Å². The van der Waals surface area contributed by atoms with Gasteiger partial charge in [-0.15, -0.1) is 0 Å². The number of rotatable bonds is 2. The van der Waals surface area contributed by atoms with Gasteiger partial charge in [0.15, 0.2) is 0 Å². The maximum atomic E-state index is 6.00. The average Bonchev–Trinajstić information content (AvgIpc) is 2.89. The smallest absolute Gasteiger partial charge is 0.230 e. The van der Waals surface area contributed by atoms with E-state index < -0.39 is 0 Å². The zero-order valence-electron chi connectivity index (χ0n) is 10.6. The Morgan fingerprint density at radius 3 is 2.74 bits per heavy atom. The summed E-state index contributed by atoms with van der Waals surface area (Å²) in [6.07, 6.45) is 4.28. The third-order valence-electron chi connectivity index (χ3n) is 3.61. The van der Waals surface area contributed by atoms with Gasteiger partial charge in [-0.1, -0.05) is 27.5 Å². The molecule has 5 heteroatoms. The van der Waals surface area contributed by atoms with Gasteiger partial charge in [-0.3, -0.25) is 0 Å². The first-order chi connectivity index (χ1) is 9.22. The van der Waals surface area contributed by atoms with Gasteiger partial charge in [0.2, 0.25) is 11.7 Å². The van der Waals surface area contributed by atoms with Gasteiger partial charge in [0.05, 0.1) is 0 Å². The van der Waals surface area contributed by atoms with Crippen molar-refractivity contribution in [3.05, 3.63) is 34.6 Å². The number of hydrogen-bond acceptors (Lipinski definition) is 4. The monoisotopic (exact) mass is 321 g/mol. The van der Waals surface area contributed by atoms with Crippen molar-refractivity contribution in [2.45, 2.75) is 37.6 Å². The third-order valence-corrected chi connectivity index (χ3v) is 4.14. The third kappa shape index (κ3) is 2.87. The van der Waals surface area contributed by atoms with Crippen LogP contribution in [0.5, 0.6) is 0 Å². The minimum Gasteiger partial charge on any atom is -0.339 e. The number of benzene rings is 1. The largest absolute Gasteiger partial charge is 0.339 e. The van der Waals surface area contributed by atoms with Crippen molar-refractivity contribution in [2.24, 2.45) is 5.73 Å². The van der Waals surface area contributed by atoms with Crippen LogP contribution in [-0.4, -0.2) is 16.2 Å². The van der Waals surface area contributed by atoms with Crippen LogP contribution in [0.3, 0.4) is 0 Å². The Bertz CT molecular complexity index is 552. The summed E-state index contributed by atoms with van der Waals surface area (Å²) >= 11 is 3.41. The molecule has 1 aromatic carbocycles. The highest BCUT2D eigenvalue weighted by Gasteiger charge is 2.25. The van der Waals surface area contributed by atoms with E-state index in [0.29, 0.717) is 11.7 Å². The molecule has 2 unspecified atom stereocenters. The summed E-state index contributed by atoms with van der Waals surface area (Å²) in [5.74, 6) is 1.70. The van der Waals surface area contributed by atoms with Crippen LogP contribution in [-0.2, 0) is 0 Å². The fraction of sp³-hybridized carbons (Fsp3) is 0.429. The molecule has 0 bridgehead atoms. The van der Waals surface area contributed by atoms with Crippen LogP contribution in [0.25, 0.3) is 11.4 Å². The maximum Gasteiger partial charge on any atom is 0.230 e. The SMILES string of the molecule is NC1CCCC(c2nc(-c3ccc(Br)cc3)no2)C1. The van der Waals surface area contributed by atoms with Gasteiger partial charge in [-0.05, 0) is 43.5 Å². The molecule has 0 radical (unpaired) electrons. The Kier molecular flexibility index (Phi) is 3.66. The molecule has 2 atom stereocenters. The normalized spacial score (nSPS) is 23.5. The lowest BCUT2D eigenvalue weighted by molar-refractivity contribution is 0.299. The van der Waals surface area contributed by atoms with Gasteiger partial charge in [-0.2, -0.15) is 4.98 Å². The molecule has 1 saturated carbocycles. The molecule has 2 N–H and O–H groups in total. The van der Waals surface area contributed by atoms with Gasteiger partial charge in [0.1, 0.15) is 0 Å². The van der Waals surface area contributed by atoms with Crippen molar-refractivity contribution < 1.29 is 4.52 Å². The second-order valence-electron chi connectivity index (χ2n) is 5.09. The molecule has 1 fully saturated rings. The van der Waals surface area contributed by atoms with E-state index in [1.165, 1.54) is 0 Å². The highest BCUT2D eigenvalue weighted by atomic mass is 79.9. The minimum absolute atomic E-state index is 0.266. The first kappa shape index (κ1) is 12.8. The van der Waals surface area contributed by atoms with Crippen molar-refractivity contribution in [1.82, 2.24) is 10.1 Å². The van der Waals surface area contributed by atoms with Crippen molar-refractivity contribution in [3.8, 4) is 11.4 Å². The molecule has 1 heterocycles. The molecule has 1 aliphatic carbocycles. The molecule has 0 saturated heterocycles. The molecule has 2 aromatic rings. The fourth-order valence-electron chi connectivity index (χ4n) is 2.57. The van der Waals surface area contributed by atoms with E-state index >= 15 is 0 Å². The molecule has 3 rings (SSSR count). The molecule has 19 heavy (non-hydrogen) atoms. The van der Waals surface area contributed by atoms with Gasteiger partial charge >= 0.3 is 0 Å². The van der Waals surface area contributed by atoms with E-state index in [9.17, 15) is 0 Å². The van der Waals surface area contributed by atoms with E-state index in [4.69, 9.17) is 10.3 Å². The summed E-state index contributed by atoms with van der Waals surface area (Å²) in [5, 5.41) is 4.07. The average molecular weight is 322 g/mol. The highest BCUT2D eigenvalue weighted by molar-refractivity contribution is 9.10. The van der Waals surface area contributed by atoms with Crippen LogP contribution < -0.4 is 5.73 Å². The van der Waals surface area contributed by atoms with Crippen LogP contribution in [0.15, 0.2) is 33.3 Å². The van der Waals surface area contributed by atoms with E-state index in [-0.39, 0.29) is 6.04 Å². The number of nitrogens with two attached hydrogens (primary N) is 1. The zero-order valence-corrected chi connectivity index (χ0v) is 12.1. The van der Waals surface area contributed by atoms with Gasteiger partial charge < -0.3 is 10.3 Å². The summed E-state index contributed by atoms with van der Waals surface area (Å²) in [4.78, 5) is 4.52. The Balaban J connectivity index is 1.81. The van der Waals surface area contributed by atoms with Crippen molar-refractivity contribution >= 4 is 15.9 Å². The Labute approximate surface area is 120 Å². The van der Waals surface area contributed by atoms with Crippen molar-refractivity contribution in [2.75, 3.05) is 0 Å². The summed E-state index contributed by atoms with van der Waals surface area (Å²) in [6, 6.07) is 8.17. The lowest BCUT2D eigenvalue weighted by Gasteiger charge is -2.23. The van der Waals surface area contributed by atoms with Crippen LogP contribution >= 0.6 is 15.9 Å². The van der Waals surface area contributed by atoms with E-state index in [1.54, 1.807) is 0 Å². The van der Waals surface area contributed by atoms with Crippen LogP contribution in [0.1, 0.15) is 37.5 Å². The summed E-state index contributed by atoms with van der Waals surface area (Å²) < 4.78 is 6.45. The molecule has 4 nitrogen and oxygen atoms in total. The number of nitrogens with zero attached hydrogens (tertiary/aromatic N) is 2. The van der Waals surface area contributed by atoms with Crippen LogP contribution in [0.2, 0.25) is 0 Å². The van der Waals surface area contributed by atoms with Gasteiger partial charge in [0.25, 0.3) is 0 Å². The molecule has 0 spiro atoms. The molecule has 1 aromatic heterocycles. The number of aromatic nitrogens is 2. The second-order valence-corrected chi connectivity index (χ2v) is 6.00. The van der Waals surface area contributed by atoms with Crippen molar-refractivity contribution in [1.29, 1.82) is 0 Å². The van der Waals surface area contributed by atoms with Crippen LogP contribution in [0, 0.1) is 0 Å². The van der Waals surface area contributed by atoms with Gasteiger partial charge in [0, 0.05) is 22.0 Å². The van der Waals surface area contributed by atoms with E-state index in [1.807, 2.05) is 24.3 Å². The standard InChI is InChI=1S/C14H16BrN3O/c15-11-6-4-9(5-7-11)13-17-14(19-18-13)10-2-1-3-12(16)8-10/h4-7,10,12H,1-3,8,16H2. The quantitative estimate of drug-likeness (QED) is 0.919. The number of hydrogen-bond donors (Lipinski definition) is 1. The predicted octanol–water partition coefficient (Wildman–Crippen LogP) is 3.48. The highest BCUT2D eigenvalue weighted by Crippen LogP contribution is 2.32. The minimum atomic E-state index is 0.266. The lowest BCUT2D eigenvalue weighted by atomic mass is 9.86. The summed E-state index contributed by atoms with van der Waals surface area (Å²) in [5.41, 5.74) is 6.97.